The van der Waals surface area contributed by atoms with Gasteiger partial charge in [-0.2, -0.15) is 0 Å². The fourth-order valence-electron chi connectivity index (χ4n) is 2.24. The van der Waals surface area contributed by atoms with Crippen molar-refractivity contribution in [3.8, 4) is 0 Å². The molecule has 0 spiro atoms. The van der Waals surface area contributed by atoms with Gasteiger partial charge in [0.25, 0.3) is 5.91 Å². The molecule has 2 heterocycles. The minimum Gasteiger partial charge on any atom is -0.459 e. The van der Waals surface area contributed by atoms with E-state index in [9.17, 15) is 9.59 Å². The van der Waals surface area contributed by atoms with Crippen LogP contribution in [0.3, 0.4) is 0 Å². The van der Waals surface area contributed by atoms with Gasteiger partial charge >= 0.3 is 0 Å². The Kier molecular flexibility index (Phi) is 6.72. The number of hydrogen-bond acceptors (Lipinski definition) is 6. The van der Waals surface area contributed by atoms with Crippen molar-refractivity contribution in [2.75, 3.05) is 39.0 Å². The van der Waals surface area contributed by atoms with E-state index in [0.29, 0.717) is 11.7 Å². The average Bonchev–Trinajstić information content (AvgIpc) is 3.16. The lowest BCUT2D eigenvalue weighted by atomic mass is 10.3. The van der Waals surface area contributed by atoms with Crippen LogP contribution in [-0.2, 0) is 4.79 Å². The van der Waals surface area contributed by atoms with Crippen LogP contribution in [0.4, 0.5) is 5.13 Å². The highest BCUT2D eigenvalue weighted by Crippen LogP contribution is 2.21. The van der Waals surface area contributed by atoms with E-state index >= 15 is 0 Å². The fraction of sp³-hybridized carbons (Fsp3) is 0.471. The summed E-state index contributed by atoms with van der Waals surface area (Å²) < 4.78 is 5.18. The third-order valence-corrected chi connectivity index (χ3v) is 4.65. The largest absolute Gasteiger partial charge is 0.459 e. The molecule has 2 amide bonds. The van der Waals surface area contributed by atoms with Crippen LogP contribution in [0.5, 0.6) is 0 Å². The number of aromatic nitrogens is 1. The average molecular weight is 364 g/mol. The van der Waals surface area contributed by atoms with E-state index < -0.39 is 0 Å². The van der Waals surface area contributed by atoms with Gasteiger partial charge in [0, 0.05) is 11.4 Å². The second-order valence-electron chi connectivity index (χ2n) is 6.07. The summed E-state index contributed by atoms with van der Waals surface area (Å²) in [4.78, 5) is 33.8. The van der Waals surface area contributed by atoms with Crippen LogP contribution in [0.25, 0.3) is 0 Å². The number of amides is 2. The molecule has 8 heteroatoms. The number of hydrogen-bond donors (Lipinski definition) is 1. The van der Waals surface area contributed by atoms with Gasteiger partial charge in [0.2, 0.25) is 5.91 Å². The summed E-state index contributed by atoms with van der Waals surface area (Å²) in [7, 11) is 3.94. The Hall–Kier alpha value is -2.19. The maximum absolute atomic E-state index is 12.6. The Morgan fingerprint density at radius 2 is 2.04 bits per heavy atom. The summed E-state index contributed by atoms with van der Waals surface area (Å²) in [5.74, 6) is -0.317. The minimum atomic E-state index is -0.287. The highest BCUT2D eigenvalue weighted by atomic mass is 32.1. The molecular formula is C17H24N4O3S. The molecule has 2 rings (SSSR count). The SMILES string of the molecule is Cc1nc(NC(=O)CN(CCCN(C)C)C(=O)c2ccco2)sc1C. The Morgan fingerprint density at radius 1 is 1.28 bits per heavy atom. The molecule has 2 aromatic heterocycles. The smallest absolute Gasteiger partial charge is 0.290 e. The maximum atomic E-state index is 12.6. The third kappa shape index (κ3) is 5.68. The Balaban J connectivity index is 2.00. The molecule has 0 aliphatic rings. The van der Waals surface area contributed by atoms with Crippen LogP contribution < -0.4 is 5.32 Å². The van der Waals surface area contributed by atoms with E-state index in [1.54, 1.807) is 12.1 Å². The number of furan rings is 1. The second-order valence-corrected chi connectivity index (χ2v) is 7.27. The van der Waals surface area contributed by atoms with Gasteiger partial charge in [0.15, 0.2) is 10.9 Å². The van der Waals surface area contributed by atoms with E-state index in [0.717, 1.165) is 23.5 Å². The molecule has 0 fully saturated rings. The highest BCUT2D eigenvalue weighted by Gasteiger charge is 2.21. The standard InChI is InChI=1S/C17H24N4O3S/c1-12-13(2)25-17(18-12)19-15(22)11-21(9-6-8-20(3)4)16(23)14-7-5-10-24-14/h5,7,10H,6,8-9,11H2,1-4H3,(H,18,19,22). The molecule has 25 heavy (non-hydrogen) atoms. The van der Waals surface area contributed by atoms with Gasteiger partial charge in [-0.1, -0.05) is 0 Å². The fourth-order valence-corrected chi connectivity index (χ4v) is 3.08. The monoisotopic (exact) mass is 364 g/mol. The van der Waals surface area contributed by atoms with E-state index in [2.05, 4.69) is 10.3 Å². The number of carbonyl (C=O) groups is 2. The first-order valence-electron chi connectivity index (χ1n) is 8.08. The van der Waals surface area contributed by atoms with Crippen LogP contribution in [0.15, 0.2) is 22.8 Å². The van der Waals surface area contributed by atoms with Gasteiger partial charge in [0.1, 0.15) is 6.54 Å². The van der Waals surface area contributed by atoms with Gasteiger partial charge in [0.05, 0.1) is 12.0 Å². The predicted octanol–water partition coefficient (Wildman–Crippen LogP) is 2.39. The minimum absolute atomic E-state index is 0.0371. The van der Waals surface area contributed by atoms with Crippen LogP contribution in [0.2, 0.25) is 0 Å². The van der Waals surface area contributed by atoms with Crippen molar-refractivity contribution >= 4 is 28.3 Å². The number of nitrogens with one attached hydrogen (secondary N) is 1. The molecule has 2 aromatic rings. The first-order valence-corrected chi connectivity index (χ1v) is 8.90. The van der Waals surface area contributed by atoms with Gasteiger partial charge < -0.3 is 19.5 Å². The van der Waals surface area contributed by atoms with Gasteiger partial charge in [-0.15, -0.1) is 11.3 Å². The topological polar surface area (TPSA) is 78.7 Å². The Morgan fingerprint density at radius 3 is 2.60 bits per heavy atom. The lowest BCUT2D eigenvalue weighted by Crippen LogP contribution is -2.39. The molecule has 0 aliphatic carbocycles. The number of nitrogens with zero attached hydrogens (tertiary/aromatic N) is 3. The lowest BCUT2D eigenvalue weighted by Gasteiger charge is -2.21. The third-order valence-electron chi connectivity index (χ3n) is 3.66. The number of anilines is 1. The predicted molar refractivity (Wildman–Crippen MR) is 98.0 cm³/mol. The van der Waals surface area contributed by atoms with Crippen molar-refractivity contribution in [2.45, 2.75) is 20.3 Å². The van der Waals surface area contributed by atoms with E-state index in [4.69, 9.17) is 4.42 Å². The number of aryl methyl sites for hydroxylation is 2. The molecule has 0 atom stereocenters. The van der Waals surface area contributed by atoms with Crippen molar-refractivity contribution in [3.63, 3.8) is 0 Å². The molecule has 1 N–H and O–H groups in total. The zero-order chi connectivity index (χ0) is 18.4. The number of rotatable bonds is 8. The zero-order valence-electron chi connectivity index (χ0n) is 15.0. The molecule has 0 aliphatic heterocycles. The molecule has 0 radical (unpaired) electrons. The van der Waals surface area contributed by atoms with Crippen molar-refractivity contribution in [1.29, 1.82) is 0 Å². The van der Waals surface area contributed by atoms with Crippen molar-refractivity contribution in [3.05, 3.63) is 34.7 Å². The quantitative estimate of drug-likeness (QED) is 0.778. The van der Waals surface area contributed by atoms with Crippen LogP contribution in [-0.4, -0.2) is 60.3 Å². The summed E-state index contributed by atoms with van der Waals surface area (Å²) in [5.41, 5.74) is 0.898. The second kappa shape index (κ2) is 8.77. The van der Waals surface area contributed by atoms with Gasteiger partial charge in [-0.3, -0.25) is 9.59 Å². The highest BCUT2D eigenvalue weighted by molar-refractivity contribution is 7.15. The molecule has 136 valence electrons. The van der Waals surface area contributed by atoms with E-state index in [-0.39, 0.29) is 24.1 Å². The number of thiazole rings is 1. The van der Waals surface area contributed by atoms with Crippen molar-refractivity contribution < 1.29 is 14.0 Å². The van der Waals surface area contributed by atoms with Crippen LogP contribution in [0.1, 0.15) is 27.5 Å². The van der Waals surface area contributed by atoms with Gasteiger partial charge in [-0.05, 0) is 53.0 Å². The van der Waals surface area contributed by atoms with Gasteiger partial charge in [-0.25, -0.2) is 4.98 Å². The first-order chi connectivity index (χ1) is 11.9. The zero-order valence-corrected chi connectivity index (χ0v) is 15.9. The summed E-state index contributed by atoms with van der Waals surface area (Å²) in [6.07, 6.45) is 2.22. The molecular weight excluding hydrogens is 340 g/mol. The lowest BCUT2D eigenvalue weighted by molar-refractivity contribution is -0.116. The summed E-state index contributed by atoms with van der Waals surface area (Å²) >= 11 is 1.43. The molecule has 0 bridgehead atoms. The first kappa shape index (κ1) is 19.1. The van der Waals surface area contributed by atoms with Crippen LogP contribution >= 0.6 is 11.3 Å². The van der Waals surface area contributed by atoms with E-state index in [1.807, 2.05) is 32.8 Å². The Bertz CT molecular complexity index is 690. The van der Waals surface area contributed by atoms with Crippen molar-refractivity contribution in [1.82, 2.24) is 14.8 Å². The molecule has 0 unspecified atom stereocenters. The summed E-state index contributed by atoms with van der Waals surface area (Å²) in [5, 5.41) is 3.32. The normalized spacial score (nSPS) is 10.9. The summed E-state index contributed by atoms with van der Waals surface area (Å²) in [6, 6.07) is 3.26. The van der Waals surface area contributed by atoms with Crippen LogP contribution in [0, 0.1) is 13.8 Å². The Labute approximate surface area is 151 Å². The molecule has 0 saturated carbocycles. The van der Waals surface area contributed by atoms with Crippen molar-refractivity contribution in [2.24, 2.45) is 0 Å². The van der Waals surface area contributed by atoms with E-state index in [1.165, 1.54) is 22.5 Å². The number of carbonyl (C=O) groups excluding carboxylic acids is 2. The molecule has 0 aromatic carbocycles. The maximum Gasteiger partial charge on any atom is 0.290 e. The molecule has 7 nitrogen and oxygen atoms in total. The summed E-state index contributed by atoms with van der Waals surface area (Å²) in [6.45, 7) is 5.12. The molecule has 0 saturated heterocycles.